The molecule has 0 saturated heterocycles. The van der Waals surface area contributed by atoms with Crippen LogP contribution in [0.5, 0.6) is 5.75 Å². The summed E-state index contributed by atoms with van der Waals surface area (Å²) in [4.78, 5) is 18.5. The predicted molar refractivity (Wildman–Crippen MR) is 74.7 cm³/mol. The molecule has 9 nitrogen and oxygen atoms in total. The highest BCUT2D eigenvalue weighted by Gasteiger charge is 2.19. The zero-order valence-electron chi connectivity index (χ0n) is 10.9. The Morgan fingerprint density at radius 2 is 2.19 bits per heavy atom. The molecule has 0 radical (unpaired) electrons. The first-order valence-corrected chi connectivity index (χ1v) is 5.89. The van der Waals surface area contributed by atoms with E-state index >= 15 is 0 Å². The van der Waals surface area contributed by atoms with Crippen LogP contribution in [0.4, 0.5) is 11.5 Å². The van der Waals surface area contributed by atoms with Crippen molar-refractivity contribution in [2.75, 3.05) is 12.8 Å². The van der Waals surface area contributed by atoms with Gasteiger partial charge in [-0.3, -0.25) is 15.2 Å². The topological polar surface area (TPSA) is 133 Å². The highest BCUT2D eigenvalue weighted by atomic mass is 16.6. The highest BCUT2D eigenvalue weighted by molar-refractivity contribution is 5.98. The number of nitrogen functional groups attached to an aromatic ring is 1. The van der Waals surface area contributed by atoms with Crippen molar-refractivity contribution in [3.8, 4) is 17.0 Å². The van der Waals surface area contributed by atoms with Crippen LogP contribution in [-0.4, -0.2) is 32.2 Å². The Bertz CT molecular complexity index is 844. The molecule has 0 unspecified atom stereocenters. The van der Waals surface area contributed by atoms with E-state index in [2.05, 4.69) is 20.2 Å². The van der Waals surface area contributed by atoms with Gasteiger partial charge in [-0.15, -0.1) is 0 Å². The molecule has 0 aliphatic rings. The average Bonchev–Trinajstić information content (AvgIpc) is 2.92. The number of hydrogen-bond donors (Lipinski definition) is 2. The maximum absolute atomic E-state index is 11.1. The van der Waals surface area contributed by atoms with Crippen LogP contribution in [0.1, 0.15) is 0 Å². The van der Waals surface area contributed by atoms with E-state index in [1.807, 2.05) is 0 Å². The van der Waals surface area contributed by atoms with E-state index in [-0.39, 0.29) is 17.3 Å². The molecule has 9 heteroatoms. The molecule has 21 heavy (non-hydrogen) atoms. The van der Waals surface area contributed by atoms with Crippen molar-refractivity contribution in [3.63, 3.8) is 0 Å². The average molecular weight is 286 g/mol. The number of nitrogens with zero attached hydrogens (tertiary/aromatic N) is 4. The lowest BCUT2D eigenvalue weighted by Crippen LogP contribution is -1.95. The van der Waals surface area contributed by atoms with Gasteiger partial charge in [-0.25, -0.2) is 9.97 Å². The number of fused-ring (bicyclic) bond motifs is 1. The third-order valence-corrected chi connectivity index (χ3v) is 3.04. The summed E-state index contributed by atoms with van der Waals surface area (Å²) in [7, 11) is 1.37. The van der Waals surface area contributed by atoms with Gasteiger partial charge in [0.05, 0.1) is 23.1 Å². The number of nitro groups is 1. The van der Waals surface area contributed by atoms with E-state index < -0.39 is 4.92 Å². The molecule has 0 saturated carbocycles. The molecule has 2 aromatic heterocycles. The van der Waals surface area contributed by atoms with E-state index in [1.54, 1.807) is 6.07 Å². The van der Waals surface area contributed by atoms with Crippen molar-refractivity contribution in [1.82, 2.24) is 20.2 Å². The van der Waals surface area contributed by atoms with Gasteiger partial charge in [0, 0.05) is 11.6 Å². The number of aromatic amines is 1. The molecular weight excluding hydrogens is 276 g/mol. The second-order valence-electron chi connectivity index (χ2n) is 4.20. The van der Waals surface area contributed by atoms with Gasteiger partial charge in [0.15, 0.2) is 11.4 Å². The van der Waals surface area contributed by atoms with Crippen LogP contribution < -0.4 is 10.5 Å². The molecule has 0 aliphatic carbocycles. The van der Waals surface area contributed by atoms with Gasteiger partial charge < -0.3 is 10.5 Å². The largest absolute Gasteiger partial charge is 0.490 e. The van der Waals surface area contributed by atoms with Crippen LogP contribution in [0.15, 0.2) is 24.5 Å². The molecule has 0 bridgehead atoms. The Morgan fingerprint density at radius 1 is 1.38 bits per heavy atom. The van der Waals surface area contributed by atoms with Crippen LogP contribution in [0.25, 0.3) is 22.3 Å². The number of aromatic nitrogens is 4. The number of rotatable bonds is 3. The number of H-pyrrole nitrogens is 1. The van der Waals surface area contributed by atoms with Gasteiger partial charge >= 0.3 is 5.69 Å². The second-order valence-corrected chi connectivity index (χ2v) is 4.20. The summed E-state index contributed by atoms with van der Waals surface area (Å²) in [5.41, 5.74) is 7.15. The Balaban J connectivity index is 2.24. The lowest BCUT2D eigenvalue weighted by atomic mass is 10.1. The number of benzene rings is 1. The maximum atomic E-state index is 11.1. The lowest BCUT2D eigenvalue weighted by Gasteiger charge is -2.04. The number of nitrogens with one attached hydrogen (secondary N) is 1. The number of hydrogen-bond acceptors (Lipinski definition) is 7. The molecule has 0 atom stereocenters. The zero-order valence-corrected chi connectivity index (χ0v) is 10.9. The quantitative estimate of drug-likeness (QED) is 0.550. The van der Waals surface area contributed by atoms with Crippen molar-refractivity contribution in [2.24, 2.45) is 0 Å². The SMILES string of the molecule is COc1ccc(-c2[nH]nc3ncnc(N)c23)cc1[N+](=O)[O-]. The molecule has 2 heterocycles. The van der Waals surface area contributed by atoms with Gasteiger partial charge in [-0.05, 0) is 12.1 Å². The van der Waals surface area contributed by atoms with Crippen molar-refractivity contribution in [2.45, 2.75) is 0 Å². The summed E-state index contributed by atoms with van der Waals surface area (Å²) < 4.78 is 4.97. The van der Waals surface area contributed by atoms with Crippen LogP contribution in [0.2, 0.25) is 0 Å². The molecule has 1 aromatic carbocycles. The third kappa shape index (κ3) is 2.00. The van der Waals surface area contributed by atoms with E-state index in [0.29, 0.717) is 22.3 Å². The van der Waals surface area contributed by atoms with E-state index in [1.165, 1.54) is 25.6 Å². The zero-order chi connectivity index (χ0) is 15.0. The maximum Gasteiger partial charge on any atom is 0.311 e. The summed E-state index contributed by atoms with van der Waals surface area (Å²) in [5, 5.41) is 18.4. The molecule has 106 valence electrons. The smallest absolute Gasteiger partial charge is 0.311 e. The summed E-state index contributed by atoms with van der Waals surface area (Å²) in [5.74, 6) is 0.430. The van der Waals surface area contributed by atoms with E-state index in [4.69, 9.17) is 10.5 Å². The Labute approximate surface area is 117 Å². The second kappa shape index (κ2) is 4.71. The normalized spacial score (nSPS) is 10.7. The molecular formula is C12H10N6O3. The van der Waals surface area contributed by atoms with Gasteiger partial charge in [0.25, 0.3) is 0 Å². The predicted octanol–water partition coefficient (Wildman–Crippen LogP) is 1.52. The Kier molecular flexibility index (Phi) is 2.87. The van der Waals surface area contributed by atoms with Gasteiger partial charge in [0.2, 0.25) is 0 Å². The Hall–Kier alpha value is -3.23. The molecule has 0 spiro atoms. The summed E-state index contributed by atoms with van der Waals surface area (Å²) >= 11 is 0. The van der Waals surface area contributed by atoms with Crippen molar-refractivity contribution in [1.29, 1.82) is 0 Å². The molecule has 3 aromatic rings. The monoisotopic (exact) mass is 286 g/mol. The first-order chi connectivity index (χ1) is 10.1. The summed E-state index contributed by atoms with van der Waals surface area (Å²) in [6.45, 7) is 0. The van der Waals surface area contributed by atoms with Crippen LogP contribution in [0, 0.1) is 10.1 Å². The van der Waals surface area contributed by atoms with Crippen molar-refractivity contribution >= 4 is 22.5 Å². The Morgan fingerprint density at radius 3 is 2.90 bits per heavy atom. The minimum absolute atomic E-state index is 0.145. The number of anilines is 1. The third-order valence-electron chi connectivity index (χ3n) is 3.04. The minimum atomic E-state index is -0.513. The molecule has 3 rings (SSSR count). The van der Waals surface area contributed by atoms with Crippen molar-refractivity contribution in [3.05, 3.63) is 34.6 Å². The molecule has 0 amide bonds. The van der Waals surface area contributed by atoms with Crippen LogP contribution >= 0.6 is 0 Å². The van der Waals surface area contributed by atoms with E-state index in [9.17, 15) is 10.1 Å². The van der Waals surface area contributed by atoms with Crippen LogP contribution in [-0.2, 0) is 0 Å². The minimum Gasteiger partial charge on any atom is -0.490 e. The van der Waals surface area contributed by atoms with Crippen LogP contribution in [0.3, 0.4) is 0 Å². The van der Waals surface area contributed by atoms with Crippen molar-refractivity contribution < 1.29 is 9.66 Å². The van der Waals surface area contributed by atoms with Gasteiger partial charge in [-0.2, -0.15) is 5.10 Å². The number of nitrogens with two attached hydrogens (primary N) is 1. The number of ether oxygens (including phenoxy) is 1. The first-order valence-electron chi connectivity index (χ1n) is 5.89. The fraction of sp³-hybridized carbons (Fsp3) is 0.0833. The fourth-order valence-corrected chi connectivity index (χ4v) is 2.08. The van der Waals surface area contributed by atoms with Gasteiger partial charge in [0.1, 0.15) is 12.1 Å². The molecule has 0 aliphatic heterocycles. The van der Waals surface area contributed by atoms with Gasteiger partial charge in [-0.1, -0.05) is 0 Å². The number of methoxy groups -OCH3 is 1. The highest BCUT2D eigenvalue weighted by Crippen LogP contribution is 2.34. The fourth-order valence-electron chi connectivity index (χ4n) is 2.08. The van der Waals surface area contributed by atoms with E-state index in [0.717, 1.165) is 0 Å². The molecule has 0 fully saturated rings. The summed E-state index contributed by atoms with van der Waals surface area (Å²) in [6, 6.07) is 4.57. The summed E-state index contributed by atoms with van der Waals surface area (Å²) in [6.07, 6.45) is 1.30. The number of nitro benzene ring substituents is 1. The molecule has 3 N–H and O–H groups in total. The first kappa shape index (κ1) is 12.8. The standard InChI is InChI=1S/C12H10N6O3/c1-21-8-3-2-6(4-7(8)18(19)20)10-9-11(13)14-5-15-12(9)17-16-10/h2-5H,1H3,(H3,13,14,15,16,17). The lowest BCUT2D eigenvalue weighted by molar-refractivity contribution is -0.385.